The Bertz CT molecular complexity index is 415. The van der Waals surface area contributed by atoms with Crippen molar-refractivity contribution < 1.29 is 4.74 Å². The minimum Gasteiger partial charge on any atom is -0.360 e. The lowest BCUT2D eigenvalue weighted by Crippen LogP contribution is -2.22. The van der Waals surface area contributed by atoms with Gasteiger partial charge in [0.05, 0.1) is 6.61 Å². The Labute approximate surface area is 96.8 Å². The molecule has 0 radical (unpaired) electrons. The van der Waals surface area contributed by atoms with Crippen LogP contribution in [0.4, 0.5) is 0 Å². The maximum atomic E-state index is 11.5. The van der Waals surface area contributed by atoms with Crippen LogP contribution in [0.2, 0.25) is 10.2 Å². The SMILES string of the molecule is O=c1c(Cl)c(Cl)ncn1COCC1CC1. The van der Waals surface area contributed by atoms with Crippen LogP contribution in [0.5, 0.6) is 0 Å². The van der Waals surface area contributed by atoms with Crippen LogP contribution in [0, 0.1) is 5.92 Å². The molecule has 1 aromatic heterocycles. The third-order valence-electron chi connectivity index (χ3n) is 2.22. The molecule has 0 aliphatic heterocycles. The van der Waals surface area contributed by atoms with E-state index in [0.717, 1.165) is 0 Å². The normalized spacial score (nSPS) is 15.6. The van der Waals surface area contributed by atoms with Gasteiger partial charge in [-0.15, -0.1) is 0 Å². The minimum absolute atomic E-state index is 0.0279. The largest absolute Gasteiger partial charge is 0.360 e. The van der Waals surface area contributed by atoms with Crippen molar-refractivity contribution >= 4 is 23.2 Å². The summed E-state index contributed by atoms with van der Waals surface area (Å²) in [5, 5.41) is -0.0331. The highest BCUT2D eigenvalue weighted by atomic mass is 35.5. The summed E-state index contributed by atoms with van der Waals surface area (Å²) < 4.78 is 6.64. The van der Waals surface area contributed by atoms with Gasteiger partial charge in [-0.05, 0) is 18.8 Å². The standard InChI is InChI=1S/C9H10Cl2N2O2/c10-7-8(11)12-4-13(9(7)14)5-15-3-6-1-2-6/h4,6H,1-3,5H2. The Hall–Kier alpha value is -0.580. The van der Waals surface area contributed by atoms with Gasteiger partial charge in [0, 0.05) is 0 Å². The second kappa shape index (κ2) is 4.51. The van der Waals surface area contributed by atoms with E-state index in [-0.39, 0.29) is 22.5 Å². The lowest BCUT2D eigenvalue weighted by molar-refractivity contribution is 0.0661. The molecule has 0 amide bonds. The summed E-state index contributed by atoms with van der Waals surface area (Å²) in [7, 11) is 0. The zero-order valence-electron chi connectivity index (χ0n) is 7.95. The first-order valence-corrected chi connectivity index (χ1v) is 5.42. The van der Waals surface area contributed by atoms with E-state index >= 15 is 0 Å². The molecule has 15 heavy (non-hydrogen) atoms. The quantitative estimate of drug-likeness (QED) is 0.766. The fraction of sp³-hybridized carbons (Fsp3) is 0.556. The summed E-state index contributed by atoms with van der Waals surface area (Å²) in [6, 6.07) is 0. The van der Waals surface area contributed by atoms with Gasteiger partial charge in [0.15, 0.2) is 5.15 Å². The molecule has 0 unspecified atom stereocenters. The first-order valence-electron chi connectivity index (χ1n) is 4.66. The van der Waals surface area contributed by atoms with Crippen molar-refractivity contribution in [3.63, 3.8) is 0 Å². The van der Waals surface area contributed by atoms with E-state index in [1.807, 2.05) is 0 Å². The molecule has 2 rings (SSSR count). The van der Waals surface area contributed by atoms with Crippen LogP contribution in [-0.4, -0.2) is 16.2 Å². The average Bonchev–Trinajstić information content (AvgIpc) is 3.02. The number of nitrogens with zero attached hydrogens (tertiary/aromatic N) is 2. The van der Waals surface area contributed by atoms with Gasteiger partial charge in [-0.2, -0.15) is 0 Å². The topological polar surface area (TPSA) is 44.1 Å². The van der Waals surface area contributed by atoms with Crippen molar-refractivity contribution in [1.29, 1.82) is 0 Å². The van der Waals surface area contributed by atoms with Crippen LogP contribution in [0.25, 0.3) is 0 Å². The molecule has 4 nitrogen and oxygen atoms in total. The van der Waals surface area contributed by atoms with E-state index in [4.69, 9.17) is 27.9 Å². The van der Waals surface area contributed by atoms with Crippen LogP contribution >= 0.6 is 23.2 Å². The molecular weight excluding hydrogens is 239 g/mol. The molecule has 1 aromatic rings. The molecule has 1 fully saturated rings. The Morgan fingerprint density at radius 1 is 1.53 bits per heavy atom. The van der Waals surface area contributed by atoms with Crippen molar-refractivity contribution in [3.8, 4) is 0 Å². The van der Waals surface area contributed by atoms with E-state index in [9.17, 15) is 4.79 Å². The van der Waals surface area contributed by atoms with Crippen LogP contribution in [-0.2, 0) is 11.5 Å². The second-order valence-corrected chi connectivity index (χ2v) is 4.30. The molecule has 0 atom stereocenters. The van der Waals surface area contributed by atoms with E-state index in [2.05, 4.69) is 4.98 Å². The number of rotatable bonds is 4. The highest BCUT2D eigenvalue weighted by molar-refractivity contribution is 6.40. The molecule has 0 bridgehead atoms. The molecule has 0 N–H and O–H groups in total. The van der Waals surface area contributed by atoms with Gasteiger partial charge in [-0.3, -0.25) is 9.36 Å². The lowest BCUT2D eigenvalue weighted by atomic mass is 10.5. The molecule has 0 spiro atoms. The van der Waals surface area contributed by atoms with Crippen LogP contribution in [0.1, 0.15) is 12.8 Å². The first kappa shape index (κ1) is 10.9. The lowest BCUT2D eigenvalue weighted by Gasteiger charge is -2.06. The molecule has 82 valence electrons. The summed E-state index contributed by atoms with van der Waals surface area (Å²) in [5.74, 6) is 0.663. The Morgan fingerprint density at radius 3 is 2.93 bits per heavy atom. The van der Waals surface area contributed by atoms with Gasteiger partial charge in [-0.25, -0.2) is 4.98 Å². The van der Waals surface area contributed by atoms with Gasteiger partial charge in [0.25, 0.3) is 5.56 Å². The Kier molecular flexibility index (Phi) is 3.29. The van der Waals surface area contributed by atoms with Gasteiger partial charge in [0.2, 0.25) is 0 Å². The van der Waals surface area contributed by atoms with E-state index in [0.29, 0.717) is 12.5 Å². The van der Waals surface area contributed by atoms with Crippen molar-refractivity contribution in [2.45, 2.75) is 19.6 Å². The molecule has 1 saturated carbocycles. The maximum Gasteiger partial charge on any atom is 0.275 e. The molecule has 1 aliphatic carbocycles. The molecule has 1 heterocycles. The fourth-order valence-electron chi connectivity index (χ4n) is 1.14. The highest BCUT2D eigenvalue weighted by Crippen LogP contribution is 2.28. The predicted molar refractivity (Wildman–Crippen MR) is 57.2 cm³/mol. The van der Waals surface area contributed by atoms with E-state index < -0.39 is 0 Å². The van der Waals surface area contributed by atoms with Crippen molar-refractivity contribution in [1.82, 2.24) is 9.55 Å². The zero-order valence-corrected chi connectivity index (χ0v) is 9.46. The van der Waals surface area contributed by atoms with Crippen molar-refractivity contribution in [2.75, 3.05) is 6.61 Å². The Balaban J connectivity index is 2.00. The number of ether oxygens (including phenoxy) is 1. The minimum atomic E-state index is -0.368. The maximum absolute atomic E-state index is 11.5. The number of hydrogen-bond donors (Lipinski definition) is 0. The van der Waals surface area contributed by atoms with Crippen molar-refractivity contribution in [3.05, 3.63) is 26.9 Å². The highest BCUT2D eigenvalue weighted by Gasteiger charge is 2.21. The molecule has 0 aromatic carbocycles. The number of halogens is 2. The van der Waals surface area contributed by atoms with Crippen molar-refractivity contribution in [2.24, 2.45) is 5.92 Å². The van der Waals surface area contributed by atoms with Gasteiger partial charge < -0.3 is 4.74 Å². The third kappa shape index (κ3) is 2.71. The smallest absolute Gasteiger partial charge is 0.275 e. The molecular formula is C9H10Cl2N2O2. The average molecular weight is 249 g/mol. The molecule has 6 heteroatoms. The van der Waals surface area contributed by atoms with Gasteiger partial charge >= 0.3 is 0 Å². The number of hydrogen-bond acceptors (Lipinski definition) is 3. The summed E-state index contributed by atoms with van der Waals surface area (Å²) in [6.07, 6.45) is 3.77. The summed E-state index contributed by atoms with van der Waals surface area (Å²) in [6.45, 7) is 0.867. The van der Waals surface area contributed by atoms with Gasteiger partial charge in [-0.1, -0.05) is 23.2 Å². The molecule has 0 saturated heterocycles. The van der Waals surface area contributed by atoms with E-state index in [1.54, 1.807) is 0 Å². The predicted octanol–water partition coefficient (Wildman–Crippen LogP) is 1.93. The summed E-state index contributed by atoms with van der Waals surface area (Å²) in [5.41, 5.74) is -0.368. The monoisotopic (exact) mass is 248 g/mol. The van der Waals surface area contributed by atoms with Crippen LogP contribution in [0.15, 0.2) is 11.1 Å². The zero-order chi connectivity index (χ0) is 10.8. The Morgan fingerprint density at radius 2 is 2.27 bits per heavy atom. The summed E-state index contributed by atoms with van der Waals surface area (Å²) >= 11 is 11.2. The summed E-state index contributed by atoms with van der Waals surface area (Å²) in [4.78, 5) is 15.3. The fourth-order valence-corrected chi connectivity index (χ4v) is 1.42. The van der Waals surface area contributed by atoms with Crippen LogP contribution in [0.3, 0.4) is 0 Å². The number of aromatic nitrogens is 2. The first-order chi connectivity index (χ1) is 7.18. The van der Waals surface area contributed by atoms with Gasteiger partial charge in [0.1, 0.15) is 18.1 Å². The van der Waals surface area contributed by atoms with E-state index in [1.165, 1.54) is 23.7 Å². The third-order valence-corrected chi connectivity index (χ3v) is 2.95. The molecule has 1 aliphatic rings. The second-order valence-electron chi connectivity index (χ2n) is 3.57. The van der Waals surface area contributed by atoms with Crippen LogP contribution < -0.4 is 5.56 Å².